The first kappa shape index (κ1) is 24.4. The second-order valence-electron chi connectivity index (χ2n) is 8.36. The second-order valence-corrected chi connectivity index (χ2v) is 8.36. The molecule has 1 atom stereocenters. The summed E-state index contributed by atoms with van der Waals surface area (Å²) in [5.74, 6) is -0.831. The summed E-state index contributed by atoms with van der Waals surface area (Å²) in [6, 6.07) is 33.1. The molecule has 4 aromatic carbocycles. The Morgan fingerprint density at radius 3 is 1.97 bits per heavy atom. The molecule has 0 saturated carbocycles. The minimum atomic E-state index is -0.317. The van der Waals surface area contributed by atoms with Crippen LogP contribution in [0.1, 0.15) is 39.2 Å². The third-order valence-electron chi connectivity index (χ3n) is 5.72. The van der Waals surface area contributed by atoms with Crippen molar-refractivity contribution in [2.75, 3.05) is 11.9 Å². The summed E-state index contributed by atoms with van der Waals surface area (Å²) in [6.07, 6.45) is 0. The van der Waals surface area contributed by atoms with E-state index in [1.54, 1.807) is 30.3 Å². The summed E-state index contributed by atoms with van der Waals surface area (Å²) >= 11 is 0. The van der Waals surface area contributed by atoms with Gasteiger partial charge in [-0.15, -0.1) is 0 Å². The van der Waals surface area contributed by atoms with Crippen LogP contribution in [0.2, 0.25) is 0 Å². The molecule has 6 heteroatoms. The predicted octanol–water partition coefficient (Wildman–Crippen LogP) is 5.21. The van der Waals surface area contributed by atoms with Gasteiger partial charge in [-0.25, -0.2) is 0 Å². The first-order chi connectivity index (χ1) is 17.5. The van der Waals surface area contributed by atoms with E-state index in [2.05, 4.69) is 16.0 Å². The van der Waals surface area contributed by atoms with Crippen LogP contribution in [0, 0.1) is 0 Å². The highest BCUT2D eigenvalue weighted by Gasteiger charge is 2.13. The average molecular weight is 478 g/mol. The highest BCUT2D eigenvalue weighted by molar-refractivity contribution is 6.04. The zero-order valence-corrected chi connectivity index (χ0v) is 19.9. The van der Waals surface area contributed by atoms with Gasteiger partial charge in [-0.05, 0) is 60.0 Å². The molecule has 6 nitrogen and oxygen atoms in total. The quantitative estimate of drug-likeness (QED) is 0.325. The van der Waals surface area contributed by atoms with E-state index in [1.165, 1.54) is 0 Å². The lowest BCUT2D eigenvalue weighted by Gasteiger charge is -2.16. The molecule has 0 heterocycles. The standard InChI is InChI=1S/C30H27N3O3/c1-21(26-13-8-14-27(19-26)33-30(36)24-11-6-3-7-12-24)32-28(34)20-31-29(35)25-17-15-23(16-18-25)22-9-4-2-5-10-22/h2-19,21H,20H2,1H3,(H,31,35)(H,32,34)(H,33,36). The molecule has 0 fully saturated rings. The Morgan fingerprint density at radius 1 is 0.667 bits per heavy atom. The lowest BCUT2D eigenvalue weighted by atomic mass is 10.0. The summed E-state index contributed by atoms with van der Waals surface area (Å²) in [5, 5.41) is 8.41. The number of nitrogens with one attached hydrogen (secondary N) is 3. The minimum Gasteiger partial charge on any atom is -0.348 e. The van der Waals surface area contributed by atoms with Crippen molar-refractivity contribution in [2.45, 2.75) is 13.0 Å². The normalized spacial score (nSPS) is 11.2. The summed E-state index contributed by atoms with van der Waals surface area (Å²) in [5.41, 5.74) is 4.60. The van der Waals surface area contributed by atoms with Crippen LogP contribution < -0.4 is 16.0 Å². The fraction of sp³-hybridized carbons (Fsp3) is 0.100. The summed E-state index contributed by atoms with van der Waals surface area (Å²) in [6.45, 7) is 1.70. The number of benzene rings is 4. The van der Waals surface area contributed by atoms with Gasteiger partial charge >= 0.3 is 0 Å². The number of anilines is 1. The molecule has 1 unspecified atom stereocenters. The highest BCUT2D eigenvalue weighted by atomic mass is 16.2. The molecule has 0 spiro atoms. The molecular weight excluding hydrogens is 450 g/mol. The number of hydrogen-bond acceptors (Lipinski definition) is 3. The maximum atomic E-state index is 12.5. The van der Waals surface area contributed by atoms with Gasteiger partial charge in [-0.1, -0.05) is 72.8 Å². The van der Waals surface area contributed by atoms with Crippen LogP contribution in [0.25, 0.3) is 11.1 Å². The molecule has 0 aliphatic carbocycles. The molecule has 3 amide bonds. The van der Waals surface area contributed by atoms with Crippen molar-refractivity contribution in [1.29, 1.82) is 0 Å². The molecule has 0 aliphatic rings. The van der Waals surface area contributed by atoms with Gasteiger partial charge in [0.1, 0.15) is 0 Å². The van der Waals surface area contributed by atoms with Gasteiger partial charge in [0.2, 0.25) is 5.91 Å². The van der Waals surface area contributed by atoms with Crippen LogP contribution in [-0.4, -0.2) is 24.3 Å². The Bertz CT molecular complexity index is 1340. The molecule has 180 valence electrons. The van der Waals surface area contributed by atoms with Crippen LogP contribution >= 0.6 is 0 Å². The van der Waals surface area contributed by atoms with Crippen LogP contribution in [0.15, 0.2) is 109 Å². The van der Waals surface area contributed by atoms with Crippen LogP contribution in [0.3, 0.4) is 0 Å². The number of carbonyl (C=O) groups is 3. The number of carbonyl (C=O) groups excluding carboxylic acids is 3. The third kappa shape index (κ3) is 6.45. The SMILES string of the molecule is CC(NC(=O)CNC(=O)c1ccc(-c2ccccc2)cc1)c1cccc(NC(=O)c2ccccc2)c1. The third-order valence-corrected chi connectivity index (χ3v) is 5.72. The lowest BCUT2D eigenvalue weighted by molar-refractivity contribution is -0.120. The topological polar surface area (TPSA) is 87.3 Å². The molecule has 0 bridgehead atoms. The first-order valence-electron chi connectivity index (χ1n) is 11.7. The Morgan fingerprint density at radius 2 is 1.28 bits per heavy atom. The van der Waals surface area contributed by atoms with Crippen molar-refractivity contribution in [3.63, 3.8) is 0 Å². The van der Waals surface area contributed by atoms with Crippen LogP contribution in [0.4, 0.5) is 5.69 Å². The van der Waals surface area contributed by atoms with Gasteiger partial charge in [0.05, 0.1) is 12.6 Å². The second kappa shape index (κ2) is 11.6. The van der Waals surface area contributed by atoms with Crippen LogP contribution in [0.5, 0.6) is 0 Å². The maximum Gasteiger partial charge on any atom is 0.255 e. The Kier molecular flexibility index (Phi) is 7.88. The Balaban J connectivity index is 1.28. The smallest absolute Gasteiger partial charge is 0.255 e. The number of rotatable bonds is 8. The van der Waals surface area contributed by atoms with Crippen molar-refractivity contribution < 1.29 is 14.4 Å². The van der Waals surface area contributed by atoms with Crippen LogP contribution in [-0.2, 0) is 4.79 Å². The van der Waals surface area contributed by atoms with E-state index in [0.717, 1.165) is 16.7 Å². The fourth-order valence-electron chi connectivity index (χ4n) is 3.76. The molecule has 0 radical (unpaired) electrons. The number of hydrogen-bond donors (Lipinski definition) is 3. The maximum absolute atomic E-state index is 12.5. The van der Waals surface area contributed by atoms with E-state index in [1.807, 2.05) is 85.8 Å². The van der Waals surface area contributed by atoms with E-state index < -0.39 is 0 Å². The molecule has 4 rings (SSSR count). The van der Waals surface area contributed by atoms with Gasteiger partial charge in [0, 0.05) is 16.8 Å². The molecule has 0 aromatic heterocycles. The van der Waals surface area contributed by atoms with E-state index in [0.29, 0.717) is 16.8 Å². The van der Waals surface area contributed by atoms with E-state index in [-0.39, 0.29) is 30.3 Å². The van der Waals surface area contributed by atoms with Gasteiger partial charge in [0.25, 0.3) is 11.8 Å². The highest BCUT2D eigenvalue weighted by Crippen LogP contribution is 2.20. The Labute approximate surface area is 210 Å². The lowest BCUT2D eigenvalue weighted by Crippen LogP contribution is -2.38. The largest absolute Gasteiger partial charge is 0.348 e. The zero-order chi connectivity index (χ0) is 25.3. The molecule has 4 aromatic rings. The minimum absolute atomic E-state index is 0.145. The van der Waals surface area contributed by atoms with Crippen molar-refractivity contribution in [2.24, 2.45) is 0 Å². The van der Waals surface area contributed by atoms with Gasteiger partial charge in [-0.2, -0.15) is 0 Å². The molecule has 0 saturated heterocycles. The van der Waals surface area contributed by atoms with Crippen molar-refractivity contribution in [1.82, 2.24) is 10.6 Å². The van der Waals surface area contributed by atoms with E-state index >= 15 is 0 Å². The van der Waals surface area contributed by atoms with E-state index in [4.69, 9.17) is 0 Å². The molecule has 36 heavy (non-hydrogen) atoms. The molecular formula is C30H27N3O3. The fourth-order valence-corrected chi connectivity index (χ4v) is 3.76. The van der Waals surface area contributed by atoms with Crippen molar-refractivity contribution in [3.8, 4) is 11.1 Å². The van der Waals surface area contributed by atoms with Crippen molar-refractivity contribution in [3.05, 3.63) is 126 Å². The van der Waals surface area contributed by atoms with Crippen molar-refractivity contribution >= 4 is 23.4 Å². The predicted molar refractivity (Wildman–Crippen MR) is 142 cm³/mol. The van der Waals surface area contributed by atoms with Gasteiger partial charge in [0.15, 0.2) is 0 Å². The number of amides is 3. The summed E-state index contributed by atoms with van der Waals surface area (Å²) < 4.78 is 0. The average Bonchev–Trinajstić information content (AvgIpc) is 2.93. The molecule has 3 N–H and O–H groups in total. The monoisotopic (exact) mass is 477 g/mol. The zero-order valence-electron chi connectivity index (χ0n) is 19.9. The Hall–Kier alpha value is -4.71. The van der Waals surface area contributed by atoms with Gasteiger partial charge in [-0.3, -0.25) is 14.4 Å². The summed E-state index contributed by atoms with van der Waals surface area (Å²) in [4.78, 5) is 37.3. The summed E-state index contributed by atoms with van der Waals surface area (Å²) in [7, 11) is 0. The molecule has 0 aliphatic heterocycles. The van der Waals surface area contributed by atoms with Gasteiger partial charge < -0.3 is 16.0 Å². The van der Waals surface area contributed by atoms with E-state index in [9.17, 15) is 14.4 Å². The first-order valence-corrected chi connectivity index (χ1v) is 11.7.